The Morgan fingerprint density at radius 1 is 1.44 bits per heavy atom. The van der Waals surface area contributed by atoms with Crippen molar-refractivity contribution in [3.8, 4) is 0 Å². The second-order valence-corrected chi connectivity index (χ2v) is 5.03. The molecule has 1 fully saturated rings. The van der Waals surface area contributed by atoms with Gasteiger partial charge in [0.25, 0.3) is 5.69 Å². The predicted octanol–water partition coefficient (Wildman–Crippen LogP) is 1.78. The number of hydrogen-bond donors (Lipinski definition) is 1. The van der Waals surface area contributed by atoms with Gasteiger partial charge in [-0.1, -0.05) is 12.1 Å². The minimum absolute atomic E-state index is 0.146. The van der Waals surface area contributed by atoms with E-state index in [-0.39, 0.29) is 10.6 Å². The van der Waals surface area contributed by atoms with Crippen molar-refractivity contribution in [2.75, 3.05) is 13.6 Å². The van der Waals surface area contributed by atoms with Gasteiger partial charge in [-0.3, -0.25) is 10.1 Å². The third kappa shape index (κ3) is 3.05. The predicted molar refractivity (Wildman–Crippen MR) is 70.4 cm³/mol. The number of nitro benzene ring substituents is 1. The van der Waals surface area contributed by atoms with Gasteiger partial charge in [-0.25, -0.2) is 0 Å². The molecule has 0 amide bonds. The fourth-order valence-corrected chi connectivity index (χ4v) is 2.34. The second kappa shape index (κ2) is 5.46. The molecule has 1 aliphatic heterocycles. The van der Waals surface area contributed by atoms with Crippen LogP contribution in [-0.4, -0.2) is 35.5 Å². The van der Waals surface area contributed by atoms with E-state index in [4.69, 9.17) is 0 Å². The van der Waals surface area contributed by atoms with Crippen LogP contribution in [0.4, 0.5) is 5.69 Å². The Kier molecular flexibility index (Phi) is 3.93. The molecule has 1 aromatic carbocycles. The van der Waals surface area contributed by atoms with E-state index in [9.17, 15) is 10.1 Å². The molecule has 1 saturated heterocycles. The molecule has 0 bridgehead atoms. The van der Waals surface area contributed by atoms with Crippen LogP contribution in [0.25, 0.3) is 0 Å². The topological polar surface area (TPSA) is 58.4 Å². The van der Waals surface area contributed by atoms with Gasteiger partial charge in [0.1, 0.15) is 0 Å². The molecule has 0 aromatic heterocycles. The molecule has 1 aliphatic rings. The number of nitro groups is 1. The Bertz CT molecular complexity index is 409. The van der Waals surface area contributed by atoms with E-state index in [0.29, 0.717) is 12.1 Å². The number of nitrogens with one attached hydrogen (secondary N) is 1. The number of rotatable bonds is 4. The molecule has 2 rings (SSSR count). The molecule has 0 saturated carbocycles. The molecule has 5 nitrogen and oxygen atoms in total. The van der Waals surface area contributed by atoms with Crippen LogP contribution in [0.1, 0.15) is 18.9 Å². The lowest BCUT2D eigenvalue weighted by atomic mass is 10.1. The monoisotopic (exact) mass is 249 g/mol. The highest BCUT2D eigenvalue weighted by atomic mass is 16.6. The zero-order valence-corrected chi connectivity index (χ0v) is 10.8. The zero-order chi connectivity index (χ0) is 13.1. The van der Waals surface area contributed by atoms with Crippen molar-refractivity contribution in [2.45, 2.75) is 32.0 Å². The van der Waals surface area contributed by atoms with Crippen molar-refractivity contribution in [1.82, 2.24) is 10.2 Å². The van der Waals surface area contributed by atoms with Crippen LogP contribution in [0.5, 0.6) is 0 Å². The van der Waals surface area contributed by atoms with Gasteiger partial charge in [-0.2, -0.15) is 0 Å². The van der Waals surface area contributed by atoms with Crippen molar-refractivity contribution in [2.24, 2.45) is 0 Å². The Morgan fingerprint density at radius 2 is 2.11 bits per heavy atom. The summed E-state index contributed by atoms with van der Waals surface area (Å²) in [7, 11) is 2.14. The van der Waals surface area contributed by atoms with Gasteiger partial charge in [-0.05, 0) is 26.0 Å². The highest BCUT2D eigenvalue weighted by Crippen LogP contribution is 2.16. The second-order valence-electron chi connectivity index (χ2n) is 5.03. The van der Waals surface area contributed by atoms with Gasteiger partial charge in [0.15, 0.2) is 0 Å². The first-order valence-corrected chi connectivity index (χ1v) is 6.23. The van der Waals surface area contributed by atoms with Crippen molar-refractivity contribution in [1.29, 1.82) is 0 Å². The van der Waals surface area contributed by atoms with E-state index in [0.717, 1.165) is 25.1 Å². The van der Waals surface area contributed by atoms with Crippen molar-refractivity contribution in [3.63, 3.8) is 0 Å². The molecule has 2 unspecified atom stereocenters. The number of benzene rings is 1. The van der Waals surface area contributed by atoms with Crippen LogP contribution >= 0.6 is 0 Å². The number of non-ortho nitro benzene ring substituents is 1. The van der Waals surface area contributed by atoms with E-state index >= 15 is 0 Å². The summed E-state index contributed by atoms with van der Waals surface area (Å²) in [6.07, 6.45) is 1.16. The summed E-state index contributed by atoms with van der Waals surface area (Å²) in [6.45, 7) is 4.06. The van der Waals surface area contributed by atoms with Crippen LogP contribution in [0, 0.1) is 10.1 Å². The van der Waals surface area contributed by atoms with Crippen LogP contribution in [0.3, 0.4) is 0 Å². The first-order valence-electron chi connectivity index (χ1n) is 6.23. The minimum Gasteiger partial charge on any atom is -0.309 e. The maximum Gasteiger partial charge on any atom is 0.269 e. The maximum atomic E-state index is 10.5. The SMILES string of the molecule is CC1CC(NCc2ccc([N+](=O)[O-])cc2)CN1C. The zero-order valence-electron chi connectivity index (χ0n) is 10.8. The molecule has 1 aromatic rings. The Balaban J connectivity index is 1.85. The standard InChI is InChI=1S/C13H19N3O2/c1-10-7-12(9-15(10)2)14-8-11-3-5-13(6-4-11)16(17)18/h3-6,10,12,14H,7-9H2,1-2H3. The van der Waals surface area contributed by atoms with Crippen molar-refractivity contribution < 1.29 is 4.92 Å². The lowest BCUT2D eigenvalue weighted by Crippen LogP contribution is -2.31. The Hall–Kier alpha value is -1.46. The Morgan fingerprint density at radius 3 is 2.61 bits per heavy atom. The molecule has 5 heteroatoms. The van der Waals surface area contributed by atoms with Gasteiger partial charge >= 0.3 is 0 Å². The molecule has 1 N–H and O–H groups in total. The summed E-state index contributed by atoms with van der Waals surface area (Å²) in [6, 6.07) is 7.88. The number of likely N-dealkylation sites (N-methyl/N-ethyl adjacent to an activating group) is 1. The lowest BCUT2D eigenvalue weighted by Gasteiger charge is -2.13. The van der Waals surface area contributed by atoms with Crippen LogP contribution < -0.4 is 5.32 Å². The van der Waals surface area contributed by atoms with E-state index in [2.05, 4.69) is 24.2 Å². The molecule has 0 aliphatic carbocycles. The molecule has 0 radical (unpaired) electrons. The average molecular weight is 249 g/mol. The van der Waals surface area contributed by atoms with Gasteiger partial charge in [0.05, 0.1) is 4.92 Å². The van der Waals surface area contributed by atoms with Crippen LogP contribution in [-0.2, 0) is 6.54 Å². The van der Waals surface area contributed by atoms with Gasteiger partial charge < -0.3 is 10.2 Å². The third-order valence-electron chi connectivity index (χ3n) is 3.63. The van der Waals surface area contributed by atoms with Gasteiger partial charge in [-0.15, -0.1) is 0 Å². The molecular formula is C13H19N3O2. The number of likely N-dealkylation sites (tertiary alicyclic amines) is 1. The van der Waals surface area contributed by atoms with E-state index in [1.165, 1.54) is 0 Å². The van der Waals surface area contributed by atoms with E-state index in [1.54, 1.807) is 12.1 Å². The molecule has 0 spiro atoms. The molecular weight excluding hydrogens is 230 g/mol. The van der Waals surface area contributed by atoms with Crippen molar-refractivity contribution >= 4 is 5.69 Å². The van der Waals surface area contributed by atoms with E-state index < -0.39 is 0 Å². The van der Waals surface area contributed by atoms with Gasteiger partial charge in [0, 0.05) is 37.3 Å². The molecule has 2 atom stereocenters. The third-order valence-corrected chi connectivity index (χ3v) is 3.63. The van der Waals surface area contributed by atoms with Crippen LogP contribution in [0.15, 0.2) is 24.3 Å². The van der Waals surface area contributed by atoms with Gasteiger partial charge in [0.2, 0.25) is 0 Å². The summed E-state index contributed by atoms with van der Waals surface area (Å²) in [5, 5.41) is 14.0. The van der Waals surface area contributed by atoms with Crippen molar-refractivity contribution in [3.05, 3.63) is 39.9 Å². The molecule has 98 valence electrons. The normalized spacial score (nSPS) is 24.3. The highest BCUT2D eigenvalue weighted by Gasteiger charge is 2.25. The maximum absolute atomic E-state index is 10.5. The quantitative estimate of drug-likeness (QED) is 0.652. The summed E-state index contributed by atoms with van der Waals surface area (Å²) < 4.78 is 0. The molecule has 18 heavy (non-hydrogen) atoms. The Labute approximate surface area is 107 Å². The smallest absolute Gasteiger partial charge is 0.269 e. The summed E-state index contributed by atoms with van der Waals surface area (Å²) in [5.74, 6) is 0. The fraction of sp³-hybridized carbons (Fsp3) is 0.538. The average Bonchev–Trinajstić information content (AvgIpc) is 2.67. The van der Waals surface area contributed by atoms with E-state index in [1.807, 2.05) is 12.1 Å². The number of hydrogen-bond acceptors (Lipinski definition) is 4. The van der Waals surface area contributed by atoms with Crippen LogP contribution in [0.2, 0.25) is 0 Å². The summed E-state index contributed by atoms with van der Waals surface area (Å²) in [5.41, 5.74) is 1.23. The summed E-state index contributed by atoms with van der Waals surface area (Å²) in [4.78, 5) is 12.5. The fourth-order valence-electron chi connectivity index (χ4n) is 2.34. The largest absolute Gasteiger partial charge is 0.309 e. The molecule has 1 heterocycles. The minimum atomic E-state index is -0.370. The first-order chi connectivity index (χ1) is 8.56. The summed E-state index contributed by atoms with van der Waals surface area (Å²) >= 11 is 0. The highest BCUT2D eigenvalue weighted by molar-refractivity contribution is 5.32. The number of nitrogens with zero attached hydrogens (tertiary/aromatic N) is 2. The lowest BCUT2D eigenvalue weighted by molar-refractivity contribution is -0.384. The first kappa shape index (κ1) is 13.0.